The van der Waals surface area contributed by atoms with E-state index in [0.29, 0.717) is 5.75 Å². The summed E-state index contributed by atoms with van der Waals surface area (Å²) < 4.78 is 5.45. The van der Waals surface area contributed by atoms with Crippen molar-refractivity contribution in [1.29, 1.82) is 0 Å². The maximum absolute atomic E-state index is 9.65. The molecule has 0 aromatic heterocycles. The van der Waals surface area contributed by atoms with Crippen molar-refractivity contribution in [3.05, 3.63) is 18.2 Å². The van der Waals surface area contributed by atoms with Crippen LogP contribution in [-0.4, -0.2) is 25.3 Å². The second kappa shape index (κ2) is 4.22. The van der Waals surface area contributed by atoms with Crippen molar-refractivity contribution in [2.45, 2.75) is 20.0 Å². The molecule has 0 amide bonds. The van der Waals surface area contributed by atoms with E-state index in [1.54, 1.807) is 6.07 Å². The van der Waals surface area contributed by atoms with Crippen molar-refractivity contribution in [3.8, 4) is 11.5 Å². The number of phenolic OH excluding ortho intramolecular Hbond substituents is 1. The van der Waals surface area contributed by atoms with E-state index in [1.165, 1.54) is 0 Å². The Labute approximate surface area is 84.9 Å². The van der Waals surface area contributed by atoms with E-state index in [4.69, 9.17) is 4.74 Å². The van der Waals surface area contributed by atoms with Gasteiger partial charge in [-0.2, -0.15) is 0 Å². The Balaban J connectivity index is 2.89. The van der Waals surface area contributed by atoms with Gasteiger partial charge < -0.3 is 14.7 Å². The summed E-state index contributed by atoms with van der Waals surface area (Å²) in [4.78, 5) is 1.86. The zero-order valence-electron chi connectivity index (χ0n) is 9.11. The van der Waals surface area contributed by atoms with E-state index in [-0.39, 0.29) is 11.9 Å². The zero-order chi connectivity index (χ0) is 10.7. The Morgan fingerprint density at radius 1 is 1.29 bits per heavy atom. The van der Waals surface area contributed by atoms with E-state index >= 15 is 0 Å². The van der Waals surface area contributed by atoms with Gasteiger partial charge in [-0.3, -0.25) is 0 Å². The average molecular weight is 195 g/mol. The lowest BCUT2D eigenvalue weighted by atomic mass is 10.2. The lowest BCUT2D eigenvalue weighted by Crippen LogP contribution is -2.09. The maximum atomic E-state index is 9.65. The van der Waals surface area contributed by atoms with Crippen molar-refractivity contribution in [2.75, 3.05) is 19.0 Å². The molecule has 3 nitrogen and oxygen atoms in total. The third-order valence-electron chi connectivity index (χ3n) is 1.80. The van der Waals surface area contributed by atoms with E-state index in [9.17, 15) is 5.11 Å². The largest absolute Gasteiger partial charge is 0.506 e. The highest BCUT2D eigenvalue weighted by atomic mass is 16.5. The fourth-order valence-electron chi connectivity index (χ4n) is 1.23. The molecular weight excluding hydrogens is 178 g/mol. The first-order valence-corrected chi connectivity index (χ1v) is 4.67. The van der Waals surface area contributed by atoms with Crippen LogP contribution < -0.4 is 9.64 Å². The molecule has 0 aliphatic heterocycles. The van der Waals surface area contributed by atoms with Crippen molar-refractivity contribution < 1.29 is 9.84 Å². The molecule has 14 heavy (non-hydrogen) atoms. The molecule has 3 heteroatoms. The Morgan fingerprint density at radius 3 is 2.36 bits per heavy atom. The van der Waals surface area contributed by atoms with E-state index < -0.39 is 0 Å². The van der Waals surface area contributed by atoms with Crippen LogP contribution in [0.5, 0.6) is 11.5 Å². The highest BCUT2D eigenvalue weighted by Gasteiger charge is 2.05. The summed E-state index contributed by atoms with van der Waals surface area (Å²) in [6.07, 6.45) is 0.125. The Bertz CT molecular complexity index is 308. The molecule has 0 heterocycles. The fourth-order valence-corrected chi connectivity index (χ4v) is 1.23. The van der Waals surface area contributed by atoms with Crippen LogP contribution in [-0.2, 0) is 0 Å². The first-order valence-electron chi connectivity index (χ1n) is 4.67. The summed E-state index contributed by atoms with van der Waals surface area (Å²) in [5, 5.41) is 9.65. The van der Waals surface area contributed by atoms with Gasteiger partial charge in [0.1, 0.15) is 11.5 Å². The predicted octanol–water partition coefficient (Wildman–Crippen LogP) is 2.25. The molecule has 78 valence electrons. The molecule has 0 fully saturated rings. The van der Waals surface area contributed by atoms with E-state index in [0.717, 1.165) is 5.69 Å². The van der Waals surface area contributed by atoms with Gasteiger partial charge in [0.2, 0.25) is 0 Å². The average Bonchev–Trinajstić information content (AvgIpc) is 2.01. The SMILES string of the molecule is CC(C)Oc1ccc(N(C)C)c(O)c1. The van der Waals surface area contributed by atoms with Crippen molar-refractivity contribution in [2.24, 2.45) is 0 Å². The van der Waals surface area contributed by atoms with Crippen LogP contribution >= 0.6 is 0 Å². The second-order valence-corrected chi connectivity index (χ2v) is 3.71. The lowest BCUT2D eigenvalue weighted by molar-refractivity contribution is 0.241. The molecule has 1 rings (SSSR count). The lowest BCUT2D eigenvalue weighted by Gasteiger charge is -2.16. The molecule has 0 bridgehead atoms. The maximum Gasteiger partial charge on any atom is 0.142 e. The molecule has 0 spiro atoms. The topological polar surface area (TPSA) is 32.7 Å². The van der Waals surface area contributed by atoms with Gasteiger partial charge in [0.25, 0.3) is 0 Å². The molecule has 1 aromatic carbocycles. The summed E-state index contributed by atoms with van der Waals surface area (Å²) in [6.45, 7) is 3.91. The summed E-state index contributed by atoms with van der Waals surface area (Å²) >= 11 is 0. The number of hydrogen-bond donors (Lipinski definition) is 1. The van der Waals surface area contributed by atoms with Gasteiger partial charge in [0.15, 0.2) is 0 Å². The number of benzene rings is 1. The van der Waals surface area contributed by atoms with E-state index in [2.05, 4.69) is 0 Å². The number of phenols is 1. The number of ether oxygens (including phenoxy) is 1. The van der Waals surface area contributed by atoms with Gasteiger partial charge in [0, 0.05) is 20.2 Å². The van der Waals surface area contributed by atoms with Gasteiger partial charge in [-0.1, -0.05) is 0 Å². The monoisotopic (exact) mass is 195 g/mol. The normalized spacial score (nSPS) is 10.4. The van der Waals surface area contributed by atoms with Gasteiger partial charge in [-0.05, 0) is 26.0 Å². The molecule has 0 atom stereocenters. The Kier molecular flexibility index (Phi) is 3.23. The summed E-state index contributed by atoms with van der Waals surface area (Å²) in [7, 11) is 3.77. The first kappa shape index (κ1) is 10.7. The van der Waals surface area contributed by atoms with Crippen LogP contribution in [0.15, 0.2) is 18.2 Å². The number of rotatable bonds is 3. The zero-order valence-corrected chi connectivity index (χ0v) is 9.11. The third-order valence-corrected chi connectivity index (χ3v) is 1.80. The quantitative estimate of drug-likeness (QED) is 0.803. The van der Waals surface area contributed by atoms with Gasteiger partial charge in [0.05, 0.1) is 11.8 Å². The molecule has 1 aromatic rings. The summed E-state index contributed by atoms with van der Waals surface area (Å²) in [5.74, 6) is 0.941. The molecule has 0 aliphatic carbocycles. The van der Waals surface area contributed by atoms with Crippen molar-refractivity contribution >= 4 is 5.69 Å². The number of nitrogens with zero attached hydrogens (tertiary/aromatic N) is 1. The molecule has 0 saturated carbocycles. The molecule has 0 radical (unpaired) electrons. The van der Waals surface area contributed by atoms with E-state index in [1.807, 2.05) is 45.0 Å². The van der Waals surface area contributed by atoms with Crippen LogP contribution in [0.1, 0.15) is 13.8 Å². The minimum absolute atomic E-state index is 0.125. The van der Waals surface area contributed by atoms with Gasteiger partial charge in [-0.25, -0.2) is 0 Å². The Morgan fingerprint density at radius 2 is 1.93 bits per heavy atom. The predicted molar refractivity (Wildman–Crippen MR) is 58.2 cm³/mol. The third kappa shape index (κ3) is 2.55. The smallest absolute Gasteiger partial charge is 0.142 e. The fraction of sp³-hybridized carbons (Fsp3) is 0.455. The molecule has 0 saturated heterocycles. The number of anilines is 1. The Hall–Kier alpha value is -1.38. The number of hydrogen-bond acceptors (Lipinski definition) is 3. The van der Waals surface area contributed by atoms with Gasteiger partial charge >= 0.3 is 0 Å². The molecular formula is C11H17NO2. The minimum atomic E-state index is 0.125. The van der Waals surface area contributed by atoms with Crippen LogP contribution in [0.4, 0.5) is 5.69 Å². The highest BCUT2D eigenvalue weighted by Crippen LogP contribution is 2.30. The van der Waals surface area contributed by atoms with Crippen molar-refractivity contribution in [1.82, 2.24) is 0 Å². The summed E-state index contributed by atoms with van der Waals surface area (Å²) in [5.41, 5.74) is 0.793. The molecule has 0 aliphatic rings. The van der Waals surface area contributed by atoms with Crippen LogP contribution in [0.2, 0.25) is 0 Å². The standard InChI is InChI=1S/C11H17NO2/c1-8(2)14-9-5-6-10(12(3)4)11(13)7-9/h5-8,13H,1-4H3. The first-order chi connectivity index (χ1) is 6.50. The van der Waals surface area contributed by atoms with Crippen LogP contribution in [0, 0.1) is 0 Å². The molecule has 1 N–H and O–H groups in total. The summed E-state index contributed by atoms with van der Waals surface area (Å²) in [6, 6.07) is 5.33. The van der Waals surface area contributed by atoms with Crippen LogP contribution in [0.3, 0.4) is 0 Å². The highest BCUT2D eigenvalue weighted by molar-refractivity contribution is 5.59. The second-order valence-electron chi connectivity index (χ2n) is 3.71. The minimum Gasteiger partial charge on any atom is -0.506 e. The van der Waals surface area contributed by atoms with Crippen LogP contribution in [0.25, 0.3) is 0 Å². The van der Waals surface area contributed by atoms with Crippen molar-refractivity contribution in [3.63, 3.8) is 0 Å². The number of aromatic hydroxyl groups is 1. The van der Waals surface area contributed by atoms with Gasteiger partial charge in [-0.15, -0.1) is 0 Å². The molecule has 0 unspecified atom stereocenters.